The maximum atomic E-state index is 13.4. The molecule has 0 atom stereocenters. The summed E-state index contributed by atoms with van der Waals surface area (Å²) in [5.74, 6) is -0.769. The van der Waals surface area contributed by atoms with Gasteiger partial charge in [0.15, 0.2) is 0 Å². The number of hydrogen-bond acceptors (Lipinski definition) is 3. The van der Waals surface area contributed by atoms with Crippen LogP contribution in [0.5, 0.6) is 0 Å². The first-order valence-electron chi connectivity index (χ1n) is 4.85. The van der Waals surface area contributed by atoms with Crippen LogP contribution in [0.1, 0.15) is 6.42 Å². The van der Waals surface area contributed by atoms with Crippen LogP contribution in [0.4, 0.5) is 4.39 Å². The van der Waals surface area contributed by atoms with Crippen LogP contribution in [-0.4, -0.2) is 31.3 Å². The summed E-state index contributed by atoms with van der Waals surface area (Å²) in [6.07, 6.45) is 0.263. The Labute approximate surface area is 105 Å². The van der Waals surface area contributed by atoms with E-state index in [1.807, 2.05) is 0 Å². The third-order valence-electron chi connectivity index (χ3n) is 2.20. The van der Waals surface area contributed by atoms with Crippen molar-refractivity contribution >= 4 is 27.2 Å². The quantitative estimate of drug-likeness (QED) is 0.819. The van der Waals surface area contributed by atoms with Crippen LogP contribution in [0.3, 0.4) is 0 Å². The lowest BCUT2D eigenvalue weighted by molar-refractivity contribution is 0.471. The van der Waals surface area contributed by atoms with E-state index in [0.29, 0.717) is 0 Å². The van der Waals surface area contributed by atoms with Crippen LogP contribution >= 0.6 is 12.2 Å². The zero-order valence-corrected chi connectivity index (χ0v) is 10.9. The van der Waals surface area contributed by atoms with Crippen molar-refractivity contribution in [3.8, 4) is 0 Å². The van der Waals surface area contributed by atoms with Crippen molar-refractivity contribution in [2.24, 2.45) is 5.73 Å². The van der Waals surface area contributed by atoms with Gasteiger partial charge in [-0.15, -0.1) is 0 Å². The Hall–Kier alpha value is -1.05. The molecule has 0 aliphatic rings. The Morgan fingerprint density at radius 2 is 2.06 bits per heavy atom. The first-order valence-corrected chi connectivity index (χ1v) is 6.69. The van der Waals surface area contributed by atoms with E-state index in [1.165, 1.54) is 25.2 Å². The molecule has 0 aromatic heterocycles. The molecule has 0 saturated carbocycles. The number of sulfonamides is 1. The normalized spacial score (nSPS) is 11.7. The smallest absolute Gasteiger partial charge is 0.245 e. The molecule has 0 fully saturated rings. The Morgan fingerprint density at radius 3 is 2.59 bits per heavy atom. The Kier molecular flexibility index (Phi) is 4.55. The predicted molar refractivity (Wildman–Crippen MR) is 67.6 cm³/mol. The number of benzene rings is 1. The topological polar surface area (TPSA) is 63.4 Å². The molecule has 0 bridgehead atoms. The average molecular weight is 276 g/mol. The highest BCUT2D eigenvalue weighted by molar-refractivity contribution is 7.89. The van der Waals surface area contributed by atoms with E-state index in [9.17, 15) is 12.8 Å². The van der Waals surface area contributed by atoms with Gasteiger partial charge in [0.1, 0.15) is 10.7 Å². The lowest BCUT2D eigenvalue weighted by atomic mass is 10.4. The minimum absolute atomic E-state index is 0.131. The Bertz CT molecular complexity index is 517. The summed E-state index contributed by atoms with van der Waals surface area (Å²) >= 11 is 4.66. The second-order valence-corrected chi connectivity index (χ2v) is 6.01. The van der Waals surface area contributed by atoms with Crippen molar-refractivity contribution in [1.29, 1.82) is 0 Å². The largest absolute Gasteiger partial charge is 0.393 e. The summed E-state index contributed by atoms with van der Waals surface area (Å²) in [7, 11) is -2.46. The van der Waals surface area contributed by atoms with Crippen LogP contribution < -0.4 is 5.73 Å². The van der Waals surface area contributed by atoms with Crippen LogP contribution in [0, 0.1) is 5.82 Å². The Balaban J connectivity index is 2.96. The zero-order chi connectivity index (χ0) is 13.1. The fraction of sp³-hybridized carbons (Fsp3) is 0.300. The third-order valence-corrected chi connectivity index (χ3v) is 4.29. The van der Waals surface area contributed by atoms with Crippen LogP contribution in [0.25, 0.3) is 0 Å². The van der Waals surface area contributed by atoms with Crippen molar-refractivity contribution < 1.29 is 12.8 Å². The number of halogens is 1. The van der Waals surface area contributed by atoms with Crippen molar-refractivity contribution in [2.45, 2.75) is 11.3 Å². The molecule has 0 unspecified atom stereocenters. The highest BCUT2D eigenvalue weighted by atomic mass is 32.2. The van der Waals surface area contributed by atoms with E-state index in [1.54, 1.807) is 0 Å². The highest BCUT2D eigenvalue weighted by Crippen LogP contribution is 2.17. The third kappa shape index (κ3) is 3.45. The van der Waals surface area contributed by atoms with Gasteiger partial charge in [0, 0.05) is 20.0 Å². The van der Waals surface area contributed by atoms with Gasteiger partial charge in [-0.05, 0) is 12.1 Å². The maximum Gasteiger partial charge on any atom is 0.245 e. The fourth-order valence-corrected chi connectivity index (χ4v) is 2.53. The monoisotopic (exact) mass is 276 g/mol. The van der Waals surface area contributed by atoms with Crippen molar-refractivity contribution in [1.82, 2.24) is 4.31 Å². The molecule has 1 aromatic carbocycles. The maximum absolute atomic E-state index is 13.4. The molecule has 0 aliphatic heterocycles. The molecule has 0 spiro atoms. The van der Waals surface area contributed by atoms with Crippen molar-refractivity contribution in [3.05, 3.63) is 30.1 Å². The molecule has 0 aliphatic carbocycles. The zero-order valence-electron chi connectivity index (χ0n) is 9.26. The van der Waals surface area contributed by atoms with Crippen molar-refractivity contribution in [3.63, 3.8) is 0 Å². The van der Waals surface area contributed by atoms with Crippen LogP contribution in [0.15, 0.2) is 29.2 Å². The molecule has 94 valence electrons. The van der Waals surface area contributed by atoms with Gasteiger partial charge in [-0.25, -0.2) is 17.1 Å². The molecular weight excluding hydrogens is 263 g/mol. The van der Waals surface area contributed by atoms with Gasteiger partial charge < -0.3 is 5.73 Å². The van der Waals surface area contributed by atoms with Gasteiger partial charge in [-0.3, -0.25) is 0 Å². The number of thiocarbonyl (C=S) groups is 1. The van der Waals surface area contributed by atoms with Gasteiger partial charge in [0.05, 0.1) is 4.99 Å². The molecule has 17 heavy (non-hydrogen) atoms. The van der Waals surface area contributed by atoms with E-state index >= 15 is 0 Å². The van der Waals surface area contributed by atoms with Gasteiger partial charge in [0.25, 0.3) is 0 Å². The van der Waals surface area contributed by atoms with E-state index in [2.05, 4.69) is 12.2 Å². The summed E-state index contributed by atoms with van der Waals surface area (Å²) in [5.41, 5.74) is 5.29. The lowest BCUT2D eigenvalue weighted by Gasteiger charge is -2.17. The average Bonchev–Trinajstić information content (AvgIpc) is 2.26. The second-order valence-electron chi connectivity index (χ2n) is 3.47. The molecule has 0 radical (unpaired) electrons. The number of hydrogen-bond donors (Lipinski definition) is 1. The number of nitrogens with zero attached hydrogens (tertiary/aromatic N) is 1. The molecule has 0 saturated heterocycles. The highest BCUT2D eigenvalue weighted by Gasteiger charge is 2.23. The summed E-state index contributed by atoms with van der Waals surface area (Å²) in [6, 6.07) is 5.23. The van der Waals surface area contributed by atoms with E-state index in [4.69, 9.17) is 5.73 Å². The number of rotatable bonds is 5. The standard InChI is InChI=1S/C10H13FN2O2S2/c1-13(7-6-10(12)16)17(14,15)9-5-3-2-4-8(9)11/h2-5H,6-7H2,1H3,(H2,12,16). The minimum atomic E-state index is -3.82. The summed E-state index contributed by atoms with van der Waals surface area (Å²) < 4.78 is 38.4. The summed E-state index contributed by atoms with van der Waals surface area (Å²) in [5, 5.41) is 0. The minimum Gasteiger partial charge on any atom is -0.393 e. The van der Waals surface area contributed by atoms with E-state index in [-0.39, 0.29) is 22.8 Å². The molecule has 0 amide bonds. The SMILES string of the molecule is CN(CCC(N)=S)S(=O)(=O)c1ccccc1F. The van der Waals surface area contributed by atoms with Gasteiger partial charge in [0.2, 0.25) is 10.0 Å². The van der Waals surface area contributed by atoms with Crippen molar-refractivity contribution in [2.75, 3.05) is 13.6 Å². The molecule has 7 heteroatoms. The summed E-state index contributed by atoms with van der Waals surface area (Å²) in [4.78, 5) is -0.119. The lowest BCUT2D eigenvalue weighted by Crippen LogP contribution is -2.30. The fourth-order valence-electron chi connectivity index (χ4n) is 1.21. The second kappa shape index (κ2) is 5.52. The molecular formula is C10H13FN2O2S2. The molecule has 0 heterocycles. The predicted octanol–water partition coefficient (Wildman–Crippen LogP) is 1.12. The molecule has 2 N–H and O–H groups in total. The van der Waals surface area contributed by atoms with E-state index in [0.717, 1.165) is 10.4 Å². The molecule has 1 rings (SSSR count). The Morgan fingerprint density at radius 1 is 1.47 bits per heavy atom. The first-order chi connectivity index (χ1) is 7.85. The number of nitrogens with two attached hydrogens (primary N) is 1. The van der Waals surface area contributed by atoms with Gasteiger partial charge in [-0.2, -0.15) is 0 Å². The molecule has 1 aromatic rings. The van der Waals surface area contributed by atoms with Crippen LogP contribution in [0.2, 0.25) is 0 Å². The van der Waals surface area contributed by atoms with Gasteiger partial charge in [-0.1, -0.05) is 24.4 Å². The first kappa shape index (κ1) is 14.0. The van der Waals surface area contributed by atoms with Crippen LogP contribution in [-0.2, 0) is 10.0 Å². The summed E-state index contributed by atoms with van der Waals surface area (Å²) in [6.45, 7) is 0.131. The molecule has 4 nitrogen and oxygen atoms in total. The van der Waals surface area contributed by atoms with E-state index < -0.39 is 15.8 Å². The van der Waals surface area contributed by atoms with Gasteiger partial charge >= 0.3 is 0 Å².